The number of anilines is 2. The van der Waals surface area contributed by atoms with Crippen molar-refractivity contribution in [1.82, 2.24) is 20.6 Å². The summed E-state index contributed by atoms with van der Waals surface area (Å²) in [6, 6.07) is 6.43. The summed E-state index contributed by atoms with van der Waals surface area (Å²) in [5.74, 6) is -1.37. The number of alkyl carbamates (subject to hydrolysis) is 1. The van der Waals surface area contributed by atoms with Crippen LogP contribution in [0.15, 0.2) is 44.3 Å². The van der Waals surface area contributed by atoms with Gasteiger partial charge >= 0.3 is 23.7 Å². The predicted octanol–water partition coefficient (Wildman–Crippen LogP) is 3.66. The van der Waals surface area contributed by atoms with Crippen molar-refractivity contribution in [3.63, 3.8) is 0 Å². The number of hydrogen-bond donors (Lipinski definition) is 5. The summed E-state index contributed by atoms with van der Waals surface area (Å²) < 4.78 is 10.6. The molecule has 14 heteroatoms. The first-order chi connectivity index (χ1) is 20.3. The minimum Gasteiger partial charge on any atom is -0.480 e. The van der Waals surface area contributed by atoms with Gasteiger partial charge in [-0.1, -0.05) is 0 Å². The molecule has 3 amide bonds. The third kappa shape index (κ3) is 9.58. The van der Waals surface area contributed by atoms with Crippen LogP contribution >= 0.6 is 0 Å². The SMILES string of the molecule is CCN(CC)c1ccc2cc(-c3cc(=O)[nH]c(NC(=O)NCCCC[C@H](NC(=O)OC(C)(C)C)C(=O)O)n3)c(=O)oc2c1. The lowest BCUT2D eigenvalue weighted by Gasteiger charge is -2.22. The molecule has 1 atom stereocenters. The number of aromatic nitrogens is 2. The van der Waals surface area contributed by atoms with Gasteiger partial charge in [0.05, 0.1) is 11.3 Å². The van der Waals surface area contributed by atoms with E-state index in [1.165, 1.54) is 0 Å². The number of aromatic amines is 1. The van der Waals surface area contributed by atoms with Crippen LogP contribution in [-0.2, 0) is 9.53 Å². The number of amides is 3. The van der Waals surface area contributed by atoms with E-state index in [1.54, 1.807) is 32.9 Å². The highest BCUT2D eigenvalue weighted by atomic mass is 16.6. The molecule has 0 saturated carbocycles. The summed E-state index contributed by atoms with van der Waals surface area (Å²) in [6.45, 7) is 10.8. The second kappa shape index (κ2) is 14.3. The molecular formula is C29H38N6O8. The number of aliphatic carboxylic acids is 1. The summed E-state index contributed by atoms with van der Waals surface area (Å²) in [5, 5.41) is 17.3. The second-order valence-electron chi connectivity index (χ2n) is 10.7. The number of hydrogen-bond acceptors (Lipinski definition) is 9. The van der Waals surface area contributed by atoms with Crippen molar-refractivity contribution in [3.05, 3.63) is 51.1 Å². The number of rotatable bonds is 12. The Morgan fingerprint density at radius 2 is 1.81 bits per heavy atom. The number of H-pyrrole nitrogens is 1. The van der Waals surface area contributed by atoms with Crippen molar-refractivity contribution in [1.29, 1.82) is 0 Å². The molecule has 0 unspecified atom stereocenters. The van der Waals surface area contributed by atoms with E-state index in [2.05, 4.69) is 30.8 Å². The molecule has 232 valence electrons. The molecule has 3 rings (SSSR count). The second-order valence-corrected chi connectivity index (χ2v) is 10.7. The molecule has 2 heterocycles. The summed E-state index contributed by atoms with van der Waals surface area (Å²) >= 11 is 0. The van der Waals surface area contributed by atoms with E-state index in [0.29, 0.717) is 23.8 Å². The number of nitrogens with one attached hydrogen (secondary N) is 4. The third-order valence-electron chi connectivity index (χ3n) is 6.29. The Bertz CT molecular complexity index is 1570. The van der Waals surface area contributed by atoms with Gasteiger partial charge in [-0.25, -0.2) is 24.2 Å². The lowest BCUT2D eigenvalue weighted by molar-refractivity contribution is -0.139. The van der Waals surface area contributed by atoms with Crippen LogP contribution in [0.3, 0.4) is 0 Å². The van der Waals surface area contributed by atoms with Gasteiger partial charge in [-0.15, -0.1) is 0 Å². The minimum atomic E-state index is -1.20. The molecule has 1 aromatic carbocycles. The van der Waals surface area contributed by atoms with E-state index in [4.69, 9.17) is 9.15 Å². The zero-order chi connectivity index (χ0) is 31.7. The first kappa shape index (κ1) is 32.6. The average molecular weight is 599 g/mol. The third-order valence-corrected chi connectivity index (χ3v) is 6.29. The molecule has 0 aliphatic heterocycles. The number of urea groups is 1. The van der Waals surface area contributed by atoms with Gasteiger partial charge in [0.2, 0.25) is 5.95 Å². The van der Waals surface area contributed by atoms with Gasteiger partial charge in [-0.2, -0.15) is 0 Å². The van der Waals surface area contributed by atoms with E-state index in [1.807, 2.05) is 26.0 Å². The Hall–Kier alpha value is -4.88. The smallest absolute Gasteiger partial charge is 0.408 e. The lowest BCUT2D eigenvalue weighted by atomic mass is 10.1. The van der Waals surface area contributed by atoms with Gasteiger partial charge in [-0.3, -0.25) is 15.1 Å². The Kier molecular flexibility index (Phi) is 10.9. The summed E-state index contributed by atoms with van der Waals surface area (Å²) in [6.07, 6.45) is 0.0868. The molecule has 0 radical (unpaired) electrons. The quantitative estimate of drug-likeness (QED) is 0.152. The van der Waals surface area contributed by atoms with Crippen molar-refractivity contribution in [2.24, 2.45) is 0 Å². The fraction of sp³-hybridized carbons (Fsp3) is 0.448. The first-order valence-electron chi connectivity index (χ1n) is 14.0. The molecule has 3 aromatic rings. The van der Waals surface area contributed by atoms with Crippen molar-refractivity contribution in [3.8, 4) is 11.3 Å². The highest BCUT2D eigenvalue weighted by Gasteiger charge is 2.23. The molecule has 0 bridgehead atoms. The van der Waals surface area contributed by atoms with Crippen molar-refractivity contribution in [2.75, 3.05) is 29.9 Å². The minimum absolute atomic E-state index is 0.0275. The maximum absolute atomic E-state index is 12.8. The molecule has 5 N–H and O–H groups in total. The lowest BCUT2D eigenvalue weighted by Crippen LogP contribution is -2.43. The van der Waals surface area contributed by atoms with Crippen LogP contribution in [0.1, 0.15) is 53.9 Å². The van der Waals surface area contributed by atoms with Gasteiger partial charge in [0.15, 0.2) is 0 Å². The number of carboxylic acids is 1. The highest BCUT2D eigenvalue weighted by molar-refractivity contribution is 5.88. The number of carbonyl (C=O) groups excluding carboxylic acids is 2. The molecular weight excluding hydrogens is 560 g/mol. The van der Waals surface area contributed by atoms with Crippen molar-refractivity contribution < 1.29 is 28.6 Å². The summed E-state index contributed by atoms with van der Waals surface area (Å²) in [5.41, 5.74) is -0.631. The number of unbranched alkanes of at least 4 members (excludes halogenated alkanes) is 1. The van der Waals surface area contributed by atoms with E-state index in [0.717, 1.165) is 24.8 Å². The normalized spacial score (nSPS) is 11.9. The van der Waals surface area contributed by atoms with Crippen LogP contribution in [0.4, 0.5) is 21.2 Å². The molecule has 43 heavy (non-hydrogen) atoms. The summed E-state index contributed by atoms with van der Waals surface area (Å²) in [7, 11) is 0. The van der Waals surface area contributed by atoms with Crippen LogP contribution in [0.25, 0.3) is 22.2 Å². The van der Waals surface area contributed by atoms with Gasteiger partial charge in [0.1, 0.15) is 17.2 Å². The molecule has 14 nitrogen and oxygen atoms in total. The first-order valence-corrected chi connectivity index (χ1v) is 14.0. The largest absolute Gasteiger partial charge is 0.480 e. The number of carboxylic acid groups (broad SMARTS) is 1. The number of fused-ring (bicyclic) bond motifs is 1. The van der Waals surface area contributed by atoms with Crippen LogP contribution in [0.5, 0.6) is 0 Å². The van der Waals surface area contributed by atoms with Crippen LogP contribution in [-0.4, -0.2) is 64.4 Å². The van der Waals surface area contributed by atoms with Gasteiger partial charge in [0, 0.05) is 42.8 Å². The molecule has 0 aliphatic rings. The van der Waals surface area contributed by atoms with Crippen LogP contribution < -0.4 is 32.0 Å². The van der Waals surface area contributed by atoms with E-state index >= 15 is 0 Å². The van der Waals surface area contributed by atoms with E-state index < -0.39 is 40.9 Å². The van der Waals surface area contributed by atoms with E-state index in [9.17, 15) is 29.1 Å². The number of benzene rings is 1. The standard InChI is InChI=1S/C29H38N6O8/c1-6-35(7-2)18-12-11-17-14-19(25(39)42-22(17)15-18)21-16-23(36)33-26(31-21)34-27(40)30-13-9-8-10-20(24(37)38)32-28(41)43-29(3,4)5/h11-12,14-16,20H,6-10,13H2,1-5H3,(H,32,41)(H,37,38)(H3,30,31,33,34,36,40)/t20-/m0/s1. The average Bonchev–Trinajstić information content (AvgIpc) is 2.91. The zero-order valence-electron chi connectivity index (χ0n) is 24.9. The molecule has 2 aromatic heterocycles. The summed E-state index contributed by atoms with van der Waals surface area (Å²) in [4.78, 5) is 69.6. The fourth-order valence-electron chi connectivity index (χ4n) is 4.25. The number of ether oxygens (including phenoxy) is 1. The Morgan fingerprint density at radius 1 is 1.09 bits per heavy atom. The zero-order valence-corrected chi connectivity index (χ0v) is 24.9. The van der Waals surface area contributed by atoms with Crippen molar-refractivity contribution >= 4 is 40.7 Å². The maximum Gasteiger partial charge on any atom is 0.408 e. The van der Waals surface area contributed by atoms with Crippen LogP contribution in [0, 0.1) is 0 Å². The number of nitrogens with zero attached hydrogens (tertiary/aromatic N) is 2. The maximum atomic E-state index is 12.8. The van der Waals surface area contributed by atoms with Gasteiger partial charge in [-0.05, 0) is 72.1 Å². The highest BCUT2D eigenvalue weighted by Crippen LogP contribution is 2.24. The molecule has 0 fully saturated rings. The monoisotopic (exact) mass is 598 g/mol. The molecule has 0 spiro atoms. The molecule has 0 saturated heterocycles. The van der Waals surface area contributed by atoms with E-state index in [-0.39, 0.29) is 30.2 Å². The van der Waals surface area contributed by atoms with Crippen LogP contribution in [0.2, 0.25) is 0 Å². The van der Waals surface area contributed by atoms with Gasteiger partial charge in [0.25, 0.3) is 5.56 Å². The van der Waals surface area contributed by atoms with Crippen molar-refractivity contribution in [2.45, 2.75) is 65.5 Å². The Balaban J connectivity index is 1.59. The predicted molar refractivity (Wildman–Crippen MR) is 162 cm³/mol. The Morgan fingerprint density at radius 3 is 2.47 bits per heavy atom. The fourth-order valence-corrected chi connectivity index (χ4v) is 4.25. The molecule has 0 aliphatic carbocycles. The Labute approximate surface area is 247 Å². The number of carbonyl (C=O) groups is 3. The van der Waals surface area contributed by atoms with Gasteiger partial charge < -0.3 is 29.8 Å². The topological polar surface area (TPSA) is 196 Å².